The molecule has 0 bridgehead atoms. The number of carbonyl (C=O) groups is 1. The van der Waals surface area contributed by atoms with Gasteiger partial charge in [-0.25, -0.2) is 0 Å². The number of unbranched alkanes of at least 4 members (excludes halogenated alkanes) is 1. The van der Waals surface area contributed by atoms with Gasteiger partial charge in [-0.15, -0.1) is 24.0 Å². The summed E-state index contributed by atoms with van der Waals surface area (Å²) >= 11 is 5.74. The van der Waals surface area contributed by atoms with Crippen molar-refractivity contribution in [3.63, 3.8) is 0 Å². The number of alkyl halides is 1. The highest BCUT2D eigenvalue weighted by Gasteiger charge is 2.23. The van der Waals surface area contributed by atoms with Gasteiger partial charge in [0.1, 0.15) is 24.6 Å². The molecule has 0 saturated carbocycles. The summed E-state index contributed by atoms with van der Waals surface area (Å²) in [6.07, 6.45) is 2.81. The monoisotopic (exact) mass is 548 g/mol. The standard InChI is InChI=1S/C28H49ClN2O4.ClH/c1-7-8-13-31-27(34)25(33)12-10-22(30)16-21(19(2)3)14-20-9-11-24(28(4,5)6)26(15-20)35-18-23(32)17-29;/h9,11,15,19,21-23,25,32-33H,7-8,10,12-14,16-18,30H2,1-6H3,(H,31,34);1H/t21-,22-,23?,25-;/m0./s1. The van der Waals surface area contributed by atoms with Crippen LogP contribution in [0.15, 0.2) is 18.2 Å². The van der Waals surface area contributed by atoms with Crippen molar-refractivity contribution in [1.29, 1.82) is 0 Å². The van der Waals surface area contributed by atoms with Gasteiger partial charge in [-0.2, -0.15) is 0 Å². The summed E-state index contributed by atoms with van der Waals surface area (Å²) in [5.74, 6) is 1.38. The van der Waals surface area contributed by atoms with E-state index >= 15 is 0 Å². The van der Waals surface area contributed by atoms with Gasteiger partial charge in [0.2, 0.25) is 5.91 Å². The van der Waals surface area contributed by atoms with Crippen LogP contribution in [-0.4, -0.2) is 53.4 Å². The third-order valence-corrected chi connectivity index (χ3v) is 6.81. The first-order valence-electron chi connectivity index (χ1n) is 13.1. The molecule has 0 fully saturated rings. The lowest BCUT2D eigenvalue weighted by atomic mass is 9.81. The Balaban J connectivity index is 0.0000122. The molecule has 4 atom stereocenters. The van der Waals surface area contributed by atoms with Crippen molar-refractivity contribution < 1.29 is 19.7 Å². The lowest BCUT2D eigenvalue weighted by Crippen LogP contribution is -2.36. The molecular formula is C28H50Cl2N2O4. The van der Waals surface area contributed by atoms with E-state index in [1.807, 2.05) is 0 Å². The van der Waals surface area contributed by atoms with Gasteiger partial charge < -0.3 is 26.0 Å². The zero-order valence-corrected chi connectivity index (χ0v) is 24.6. The minimum absolute atomic E-state index is 0. The van der Waals surface area contributed by atoms with E-state index in [9.17, 15) is 15.0 Å². The smallest absolute Gasteiger partial charge is 0.248 e. The molecule has 0 heterocycles. The van der Waals surface area contributed by atoms with Crippen molar-refractivity contribution >= 4 is 29.9 Å². The molecule has 36 heavy (non-hydrogen) atoms. The van der Waals surface area contributed by atoms with Crippen LogP contribution in [0.1, 0.15) is 84.8 Å². The Kier molecular flexibility index (Phi) is 16.9. The Morgan fingerprint density at radius 1 is 1.19 bits per heavy atom. The van der Waals surface area contributed by atoms with E-state index in [4.69, 9.17) is 22.1 Å². The summed E-state index contributed by atoms with van der Waals surface area (Å²) in [7, 11) is 0. The Bertz CT molecular complexity index is 756. The van der Waals surface area contributed by atoms with E-state index in [2.05, 4.69) is 65.1 Å². The quantitative estimate of drug-likeness (QED) is 0.172. The molecule has 1 unspecified atom stereocenters. The molecule has 1 aromatic carbocycles. The largest absolute Gasteiger partial charge is 0.491 e. The van der Waals surface area contributed by atoms with Crippen molar-refractivity contribution in [2.24, 2.45) is 17.6 Å². The first-order chi connectivity index (χ1) is 16.4. The summed E-state index contributed by atoms with van der Waals surface area (Å²) in [6, 6.07) is 6.25. The first-order valence-corrected chi connectivity index (χ1v) is 13.6. The van der Waals surface area contributed by atoms with E-state index in [0.717, 1.165) is 42.6 Å². The maximum Gasteiger partial charge on any atom is 0.248 e. The molecule has 6 nitrogen and oxygen atoms in total. The highest BCUT2D eigenvalue weighted by molar-refractivity contribution is 6.18. The molecule has 0 aliphatic carbocycles. The van der Waals surface area contributed by atoms with Crippen LogP contribution in [0.25, 0.3) is 0 Å². The third kappa shape index (κ3) is 13.0. The molecule has 0 aromatic heterocycles. The second-order valence-corrected chi connectivity index (χ2v) is 11.4. The second-order valence-electron chi connectivity index (χ2n) is 11.1. The van der Waals surface area contributed by atoms with Crippen LogP contribution in [0.5, 0.6) is 5.75 Å². The Morgan fingerprint density at radius 3 is 2.42 bits per heavy atom. The predicted octanol–water partition coefficient (Wildman–Crippen LogP) is 4.97. The summed E-state index contributed by atoms with van der Waals surface area (Å²) in [4.78, 5) is 12.0. The van der Waals surface area contributed by atoms with Crippen LogP contribution in [0, 0.1) is 11.8 Å². The lowest BCUT2D eigenvalue weighted by Gasteiger charge is -2.27. The average Bonchev–Trinajstić information content (AvgIpc) is 2.79. The average molecular weight is 550 g/mol. The number of benzene rings is 1. The first kappa shape index (κ1) is 35.0. The van der Waals surface area contributed by atoms with Gasteiger partial charge in [-0.1, -0.05) is 60.1 Å². The normalized spacial score (nSPS) is 15.1. The molecule has 1 rings (SSSR count). The Morgan fingerprint density at radius 2 is 1.86 bits per heavy atom. The zero-order valence-electron chi connectivity index (χ0n) is 23.1. The number of aliphatic hydroxyl groups is 2. The topological polar surface area (TPSA) is 105 Å². The van der Waals surface area contributed by atoms with Crippen molar-refractivity contribution in [2.45, 2.75) is 104 Å². The van der Waals surface area contributed by atoms with E-state index in [-0.39, 0.29) is 42.3 Å². The van der Waals surface area contributed by atoms with Gasteiger partial charge in [0.25, 0.3) is 0 Å². The van der Waals surface area contributed by atoms with Gasteiger partial charge in [0, 0.05) is 12.6 Å². The lowest BCUT2D eigenvalue weighted by molar-refractivity contribution is -0.129. The number of halogens is 2. The molecule has 210 valence electrons. The molecule has 0 spiro atoms. The molecule has 0 aliphatic rings. The van der Waals surface area contributed by atoms with Crippen LogP contribution < -0.4 is 15.8 Å². The summed E-state index contributed by atoms with van der Waals surface area (Å²) in [5, 5.41) is 22.8. The van der Waals surface area contributed by atoms with Gasteiger partial charge in [-0.3, -0.25) is 4.79 Å². The number of hydrogen-bond donors (Lipinski definition) is 4. The van der Waals surface area contributed by atoms with Crippen LogP contribution in [0.3, 0.4) is 0 Å². The van der Waals surface area contributed by atoms with Gasteiger partial charge in [0.05, 0.1) is 5.88 Å². The molecule has 0 aliphatic heterocycles. The number of carbonyl (C=O) groups excluding carboxylic acids is 1. The molecule has 1 amide bonds. The third-order valence-electron chi connectivity index (χ3n) is 6.45. The van der Waals surface area contributed by atoms with Crippen molar-refractivity contribution in [2.75, 3.05) is 19.0 Å². The van der Waals surface area contributed by atoms with Crippen LogP contribution in [-0.2, 0) is 16.6 Å². The highest BCUT2D eigenvalue weighted by atomic mass is 35.5. The predicted molar refractivity (Wildman–Crippen MR) is 152 cm³/mol. The number of amides is 1. The van der Waals surface area contributed by atoms with E-state index in [1.165, 1.54) is 0 Å². The fourth-order valence-electron chi connectivity index (χ4n) is 4.07. The number of rotatable bonds is 16. The van der Waals surface area contributed by atoms with Crippen LogP contribution in [0.2, 0.25) is 0 Å². The molecule has 8 heteroatoms. The van der Waals surface area contributed by atoms with E-state index in [1.54, 1.807) is 0 Å². The number of ether oxygens (including phenoxy) is 1. The second kappa shape index (κ2) is 17.5. The molecule has 0 radical (unpaired) electrons. The summed E-state index contributed by atoms with van der Waals surface area (Å²) in [5.41, 5.74) is 8.59. The molecule has 5 N–H and O–H groups in total. The van der Waals surface area contributed by atoms with Crippen molar-refractivity contribution in [3.8, 4) is 5.75 Å². The Hall–Kier alpha value is -1.05. The maximum atomic E-state index is 12.0. The number of nitrogens with two attached hydrogens (primary N) is 1. The Labute approximate surface area is 230 Å². The zero-order chi connectivity index (χ0) is 26.6. The summed E-state index contributed by atoms with van der Waals surface area (Å²) < 4.78 is 5.98. The highest BCUT2D eigenvalue weighted by Crippen LogP contribution is 2.34. The van der Waals surface area contributed by atoms with Gasteiger partial charge in [0.15, 0.2) is 0 Å². The number of aliphatic hydroxyl groups excluding tert-OH is 2. The van der Waals surface area contributed by atoms with Gasteiger partial charge >= 0.3 is 0 Å². The SMILES string of the molecule is CCCCNC(=O)[C@@H](O)CC[C@H](N)C[C@H](Cc1ccc(C(C)(C)C)c(OCC(O)CCl)c1)C(C)C.Cl. The fraction of sp³-hybridized carbons (Fsp3) is 0.750. The fourth-order valence-corrected chi connectivity index (χ4v) is 4.16. The number of nitrogens with one attached hydrogen (secondary N) is 1. The van der Waals surface area contributed by atoms with Crippen LogP contribution >= 0.6 is 24.0 Å². The molecule has 0 saturated heterocycles. The van der Waals surface area contributed by atoms with Crippen LogP contribution in [0.4, 0.5) is 0 Å². The number of hydrogen-bond acceptors (Lipinski definition) is 5. The van der Waals surface area contributed by atoms with Gasteiger partial charge in [-0.05, 0) is 66.5 Å². The molecule has 1 aromatic rings. The summed E-state index contributed by atoms with van der Waals surface area (Å²) in [6.45, 7) is 13.6. The van der Waals surface area contributed by atoms with Crippen molar-refractivity contribution in [1.82, 2.24) is 5.32 Å². The van der Waals surface area contributed by atoms with E-state index in [0.29, 0.717) is 31.2 Å². The minimum Gasteiger partial charge on any atom is -0.491 e. The maximum absolute atomic E-state index is 12.0. The molecular weight excluding hydrogens is 499 g/mol. The van der Waals surface area contributed by atoms with E-state index < -0.39 is 12.2 Å². The van der Waals surface area contributed by atoms with Crippen molar-refractivity contribution in [3.05, 3.63) is 29.3 Å². The minimum atomic E-state index is -1.01.